The van der Waals surface area contributed by atoms with E-state index in [1.54, 1.807) is 6.07 Å². The van der Waals surface area contributed by atoms with Gasteiger partial charge in [-0.15, -0.1) is 0 Å². The van der Waals surface area contributed by atoms with Crippen molar-refractivity contribution in [1.29, 1.82) is 0 Å². The summed E-state index contributed by atoms with van der Waals surface area (Å²) in [5, 5.41) is 6.61. The third-order valence-electron chi connectivity index (χ3n) is 3.23. The maximum Gasteiger partial charge on any atom is 0.223 e. The topological polar surface area (TPSA) is 81.2 Å². The van der Waals surface area contributed by atoms with E-state index in [-0.39, 0.29) is 11.8 Å². The summed E-state index contributed by atoms with van der Waals surface area (Å²) in [5.41, 5.74) is 6.39. The molecule has 16 heavy (non-hydrogen) atoms. The highest BCUT2D eigenvalue weighted by molar-refractivity contribution is 5.79. The van der Waals surface area contributed by atoms with Crippen molar-refractivity contribution < 1.29 is 9.32 Å². The lowest BCUT2D eigenvalue weighted by molar-refractivity contribution is -0.126. The SMILES string of the molecule is NCC1CCCC1C(=O)NCc1ccon1. The van der Waals surface area contributed by atoms with Crippen LogP contribution in [0.2, 0.25) is 0 Å². The Morgan fingerprint density at radius 2 is 2.50 bits per heavy atom. The Hall–Kier alpha value is -1.36. The number of rotatable bonds is 4. The van der Waals surface area contributed by atoms with E-state index in [4.69, 9.17) is 10.3 Å². The van der Waals surface area contributed by atoms with Gasteiger partial charge in [0.05, 0.1) is 6.54 Å². The molecule has 88 valence electrons. The first-order chi connectivity index (χ1) is 7.81. The average Bonchev–Trinajstić information content (AvgIpc) is 2.96. The third kappa shape index (κ3) is 2.41. The molecule has 2 unspecified atom stereocenters. The van der Waals surface area contributed by atoms with Crippen LogP contribution in [0.15, 0.2) is 16.9 Å². The predicted octanol–water partition coefficient (Wildman–Crippen LogP) is 0.666. The fourth-order valence-electron chi connectivity index (χ4n) is 2.30. The van der Waals surface area contributed by atoms with Gasteiger partial charge in [0, 0.05) is 12.0 Å². The number of aromatic nitrogens is 1. The number of hydrogen-bond acceptors (Lipinski definition) is 4. The van der Waals surface area contributed by atoms with Gasteiger partial charge in [-0.2, -0.15) is 0 Å². The molecule has 1 heterocycles. The van der Waals surface area contributed by atoms with E-state index in [1.165, 1.54) is 6.26 Å². The highest BCUT2D eigenvalue weighted by Gasteiger charge is 2.31. The van der Waals surface area contributed by atoms with Gasteiger partial charge in [-0.1, -0.05) is 11.6 Å². The largest absolute Gasteiger partial charge is 0.364 e. The van der Waals surface area contributed by atoms with Crippen molar-refractivity contribution in [2.75, 3.05) is 6.54 Å². The van der Waals surface area contributed by atoms with Gasteiger partial charge in [0.1, 0.15) is 12.0 Å². The molecule has 2 rings (SSSR count). The van der Waals surface area contributed by atoms with Crippen LogP contribution in [0.3, 0.4) is 0 Å². The molecule has 0 spiro atoms. The zero-order valence-electron chi connectivity index (χ0n) is 9.19. The van der Waals surface area contributed by atoms with E-state index in [2.05, 4.69) is 10.5 Å². The fraction of sp³-hybridized carbons (Fsp3) is 0.636. The van der Waals surface area contributed by atoms with Crippen LogP contribution in [0.4, 0.5) is 0 Å². The summed E-state index contributed by atoms with van der Waals surface area (Å²) in [4.78, 5) is 11.9. The third-order valence-corrected chi connectivity index (χ3v) is 3.23. The molecule has 1 aromatic heterocycles. The van der Waals surface area contributed by atoms with Crippen molar-refractivity contribution in [2.45, 2.75) is 25.8 Å². The normalized spacial score (nSPS) is 24.6. The zero-order chi connectivity index (χ0) is 11.4. The molecule has 0 bridgehead atoms. The van der Waals surface area contributed by atoms with Crippen molar-refractivity contribution in [3.05, 3.63) is 18.0 Å². The molecule has 1 saturated carbocycles. The number of nitrogens with one attached hydrogen (secondary N) is 1. The van der Waals surface area contributed by atoms with E-state index in [1.807, 2.05) is 0 Å². The molecule has 5 heteroatoms. The number of nitrogens with two attached hydrogens (primary N) is 1. The predicted molar refractivity (Wildman–Crippen MR) is 58.2 cm³/mol. The number of nitrogens with zero attached hydrogens (tertiary/aromatic N) is 1. The Morgan fingerprint density at radius 3 is 3.19 bits per heavy atom. The van der Waals surface area contributed by atoms with Crippen molar-refractivity contribution in [1.82, 2.24) is 10.5 Å². The molecule has 2 atom stereocenters. The van der Waals surface area contributed by atoms with Crippen molar-refractivity contribution in [2.24, 2.45) is 17.6 Å². The van der Waals surface area contributed by atoms with Gasteiger partial charge in [-0.05, 0) is 25.3 Å². The Bertz CT molecular complexity index is 337. The minimum atomic E-state index is 0.0805. The van der Waals surface area contributed by atoms with Crippen LogP contribution in [0.5, 0.6) is 0 Å². The summed E-state index contributed by atoms with van der Waals surface area (Å²) in [5.74, 6) is 0.519. The summed E-state index contributed by atoms with van der Waals surface area (Å²) in [6.45, 7) is 1.03. The van der Waals surface area contributed by atoms with Crippen molar-refractivity contribution in [3.63, 3.8) is 0 Å². The number of amides is 1. The van der Waals surface area contributed by atoms with Crippen LogP contribution in [0.1, 0.15) is 25.0 Å². The molecule has 0 radical (unpaired) electrons. The second-order valence-corrected chi connectivity index (χ2v) is 4.24. The van der Waals surface area contributed by atoms with Gasteiger partial charge in [0.15, 0.2) is 0 Å². The quantitative estimate of drug-likeness (QED) is 0.786. The Labute approximate surface area is 94.4 Å². The summed E-state index contributed by atoms with van der Waals surface area (Å²) in [7, 11) is 0. The molecular weight excluding hydrogens is 206 g/mol. The standard InChI is InChI=1S/C11H17N3O2/c12-6-8-2-1-3-10(8)11(15)13-7-9-4-5-16-14-9/h4-5,8,10H,1-3,6-7,12H2,(H,13,15). The molecular formula is C11H17N3O2. The Kier molecular flexibility index (Phi) is 3.56. The monoisotopic (exact) mass is 223 g/mol. The summed E-state index contributed by atoms with van der Waals surface area (Å²) in [6, 6.07) is 1.75. The van der Waals surface area contributed by atoms with Gasteiger partial charge in [-0.25, -0.2) is 0 Å². The second-order valence-electron chi connectivity index (χ2n) is 4.24. The summed E-state index contributed by atoms with van der Waals surface area (Å²) in [6.07, 6.45) is 4.62. The minimum absolute atomic E-state index is 0.0805. The first kappa shape index (κ1) is 11.1. The zero-order valence-corrected chi connectivity index (χ0v) is 9.19. The van der Waals surface area contributed by atoms with Gasteiger partial charge in [-0.3, -0.25) is 4.79 Å². The second kappa shape index (κ2) is 5.12. The molecule has 1 fully saturated rings. The lowest BCUT2D eigenvalue weighted by Crippen LogP contribution is -2.34. The number of carbonyl (C=O) groups is 1. The van der Waals surface area contributed by atoms with E-state index < -0.39 is 0 Å². The molecule has 0 aliphatic heterocycles. The van der Waals surface area contributed by atoms with E-state index in [9.17, 15) is 4.79 Å². The van der Waals surface area contributed by atoms with Gasteiger partial charge in [0.2, 0.25) is 5.91 Å². The first-order valence-corrected chi connectivity index (χ1v) is 5.68. The first-order valence-electron chi connectivity index (χ1n) is 5.68. The fourth-order valence-corrected chi connectivity index (χ4v) is 2.30. The van der Waals surface area contributed by atoms with E-state index in [0.29, 0.717) is 19.0 Å². The van der Waals surface area contributed by atoms with Gasteiger partial charge in [0.25, 0.3) is 0 Å². The molecule has 1 aromatic rings. The molecule has 1 aliphatic carbocycles. The van der Waals surface area contributed by atoms with E-state index >= 15 is 0 Å². The van der Waals surface area contributed by atoms with Crippen LogP contribution in [0, 0.1) is 11.8 Å². The minimum Gasteiger partial charge on any atom is -0.364 e. The Morgan fingerprint density at radius 1 is 1.62 bits per heavy atom. The van der Waals surface area contributed by atoms with Crippen molar-refractivity contribution >= 4 is 5.91 Å². The molecule has 1 amide bonds. The maximum absolute atomic E-state index is 11.9. The van der Waals surface area contributed by atoms with Crippen LogP contribution in [-0.2, 0) is 11.3 Å². The smallest absolute Gasteiger partial charge is 0.223 e. The molecule has 0 saturated heterocycles. The highest BCUT2D eigenvalue weighted by atomic mass is 16.5. The van der Waals surface area contributed by atoms with Crippen LogP contribution < -0.4 is 11.1 Å². The van der Waals surface area contributed by atoms with E-state index in [0.717, 1.165) is 25.0 Å². The average molecular weight is 223 g/mol. The molecule has 3 N–H and O–H groups in total. The molecule has 0 aromatic carbocycles. The lowest BCUT2D eigenvalue weighted by atomic mass is 9.95. The summed E-state index contributed by atoms with van der Waals surface area (Å²) < 4.78 is 4.69. The number of hydrogen-bond donors (Lipinski definition) is 2. The summed E-state index contributed by atoms with van der Waals surface area (Å²) >= 11 is 0. The molecule has 1 aliphatic rings. The number of carbonyl (C=O) groups excluding carboxylic acids is 1. The van der Waals surface area contributed by atoms with Gasteiger partial charge < -0.3 is 15.6 Å². The van der Waals surface area contributed by atoms with Crippen LogP contribution in [-0.4, -0.2) is 17.6 Å². The maximum atomic E-state index is 11.9. The van der Waals surface area contributed by atoms with Crippen LogP contribution in [0.25, 0.3) is 0 Å². The molecule has 5 nitrogen and oxygen atoms in total. The van der Waals surface area contributed by atoms with Crippen molar-refractivity contribution in [3.8, 4) is 0 Å². The lowest BCUT2D eigenvalue weighted by Gasteiger charge is -2.16. The highest BCUT2D eigenvalue weighted by Crippen LogP contribution is 2.30. The van der Waals surface area contributed by atoms with Gasteiger partial charge >= 0.3 is 0 Å². The van der Waals surface area contributed by atoms with Crippen LogP contribution >= 0.6 is 0 Å². The Balaban J connectivity index is 1.83.